The van der Waals surface area contributed by atoms with Crippen LogP contribution in [0.1, 0.15) is 208 Å². The number of rotatable bonds is 26. The lowest BCUT2D eigenvalue weighted by Crippen LogP contribution is -2.37. The first-order chi connectivity index (χ1) is 31.3. The first kappa shape index (κ1) is 57.2. The maximum atomic E-state index is 18.2. The normalized spacial score (nSPS) is 19.7. The Bertz CT molecular complexity index is 2060. The first-order valence-corrected chi connectivity index (χ1v) is 26.8. The summed E-state index contributed by atoms with van der Waals surface area (Å²) < 4.78 is 41.4. The Hall–Kier alpha value is -3.07. The van der Waals surface area contributed by atoms with Gasteiger partial charge in [0.25, 0.3) is 0 Å². The van der Waals surface area contributed by atoms with Crippen molar-refractivity contribution in [3.63, 3.8) is 0 Å². The number of allylic oxidation sites excluding steroid dienone is 8. The predicted molar refractivity (Wildman–Crippen MR) is 284 cm³/mol. The number of ether oxygens (including phenoxy) is 1. The van der Waals surface area contributed by atoms with E-state index in [9.17, 15) is 4.79 Å². The topological polar surface area (TPSA) is 53.9 Å². The molecule has 370 valence electrons. The zero-order valence-electron chi connectivity index (χ0n) is 43.6. The highest BCUT2D eigenvalue weighted by atomic mass is 35.5. The fourth-order valence-electron chi connectivity index (χ4n) is 9.25. The first-order valence-electron chi connectivity index (χ1n) is 25.6. The highest BCUT2D eigenvalue weighted by Crippen LogP contribution is 2.49. The van der Waals surface area contributed by atoms with Gasteiger partial charge in [0.05, 0.1) is 16.3 Å². The summed E-state index contributed by atoms with van der Waals surface area (Å²) in [6, 6.07) is 3.53. The molecule has 2 aromatic rings. The molecule has 6 atom stereocenters. The molecule has 1 saturated heterocycles. The monoisotopic (exact) mass is 952 g/mol. The van der Waals surface area contributed by atoms with E-state index in [1.807, 2.05) is 12.2 Å². The highest BCUT2D eigenvalue weighted by molar-refractivity contribution is 7.19. The summed E-state index contributed by atoms with van der Waals surface area (Å²) in [6.07, 6.45) is 20.6. The summed E-state index contributed by atoms with van der Waals surface area (Å²) in [6.45, 7) is 32.9. The second-order valence-electron chi connectivity index (χ2n) is 20.2. The van der Waals surface area contributed by atoms with Gasteiger partial charge in [0, 0.05) is 51.7 Å². The lowest BCUT2D eigenvalue weighted by molar-refractivity contribution is -0.112. The van der Waals surface area contributed by atoms with Gasteiger partial charge in [-0.2, -0.15) is 0 Å². The molecular formula is C57H88ClF2N3O2S. The molecule has 2 aliphatic rings. The van der Waals surface area contributed by atoms with Gasteiger partial charge in [-0.3, -0.25) is 4.79 Å². The third-order valence-electron chi connectivity index (χ3n) is 14.3. The number of fused-ring (bicyclic) bond motifs is 1. The van der Waals surface area contributed by atoms with Gasteiger partial charge in [0.2, 0.25) is 5.88 Å². The van der Waals surface area contributed by atoms with Crippen molar-refractivity contribution in [2.75, 3.05) is 20.2 Å². The number of unbranched alkanes of at least 4 members (excludes halogenated alkanes) is 4. The lowest BCUT2D eigenvalue weighted by atomic mass is 9.77. The number of nitrogens with one attached hydrogen (secondary N) is 1. The molecule has 0 spiro atoms. The number of nitrogens with zero attached hydrogens (tertiary/aromatic N) is 2. The van der Waals surface area contributed by atoms with Crippen molar-refractivity contribution in [1.29, 1.82) is 0 Å². The predicted octanol–water partition coefficient (Wildman–Crippen LogP) is 17.7. The molecule has 1 aliphatic heterocycles. The summed E-state index contributed by atoms with van der Waals surface area (Å²) in [7, 11) is 2.15. The van der Waals surface area contributed by atoms with Crippen molar-refractivity contribution < 1.29 is 18.3 Å². The van der Waals surface area contributed by atoms with E-state index in [1.165, 1.54) is 62.5 Å². The molecule has 1 aromatic heterocycles. The van der Waals surface area contributed by atoms with Crippen molar-refractivity contribution in [2.24, 2.45) is 28.2 Å². The molecule has 1 fully saturated rings. The second kappa shape index (κ2) is 27.8. The van der Waals surface area contributed by atoms with Gasteiger partial charge in [-0.05, 0) is 118 Å². The van der Waals surface area contributed by atoms with Gasteiger partial charge in [0.1, 0.15) is 11.5 Å². The number of hydrogen-bond donors (Lipinski definition) is 1. The van der Waals surface area contributed by atoms with E-state index in [2.05, 4.69) is 107 Å². The van der Waals surface area contributed by atoms with Crippen molar-refractivity contribution in [2.45, 2.75) is 198 Å². The largest absolute Gasteiger partial charge is 0.477 e. The van der Waals surface area contributed by atoms with Crippen LogP contribution < -0.4 is 5.32 Å². The summed E-state index contributed by atoms with van der Waals surface area (Å²) in [5.74, 6) is 1.46. The Labute approximate surface area is 409 Å². The molecule has 66 heavy (non-hydrogen) atoms. The minimum atomic E-state index is -0.503. The van der Waals surface area contributed by atoms with Crippen LogP contribution in [0.15, 0.2) is 69.9 Å². The second-order valence-corrected chi connectivity index (χ2v) is 21.6. The number of halogens is 3. The van der Waals surface area contributed by atoms with Crippen LogP contribution in [0.5, 0.6) is 0 Å². The fourth-order valence-corrected chi connectivity index (χ4v) is 10.8. The Balaban J connectivity index is 0.00000219. The van der Waals surface area contributed by atoms with Gasteiger partial charge in [-0.25, -0.2) is 13.8 Å². The number of ketones is 1. The molecule has 1 N–H and O–H groups in total. The summed E-state index contributed by atoms with van der Waals surface area (Å²) in [5, 5.41) is 4.61. The number of thiophene rings is 1. The van der Waals surface area contributed by atoms with Crippen molar-refractivity contribution >= 4 is 50.1 Å². The van der Waals surface area contributed by atoms with Gasteiger partial charge >= 0.3 is 0 Å². The smallest absolute Gasteiger partial charge is 0.209 e. The highest BCUT2D eigenvalue weighted by Gasteiger charge is 2.35. The Morgan fingerprint density at radius 2 is 1.67 bits per heavy atom. The van der Waals surface area contributed by atoms with Gasteiger partial charge in [-0.15, -0.1) is 11.3 Å². The average molecular weight is 953 g/mol. The molecule has 4 rings (SSSR count). The van der Waals surface area contributed by atoms with Crippen LogP contribution in [0, 0.1) is 29.0 Å². The number of hydrogen-bond acceptors (Lipinski definition) is 6. The van der Waals surface area contributed by atoms with Crippen LogP contribution in [-0.4, -0.2) is 42.6 Å². The van der Waals surface area contributed by atoms with E-state index in [0.717, 1.165) is 79.4 Å². The molecule has 0 amide bonds. The molecule has 2 heterocycles. The zero-order chi connectivity index (χ0) is 49.3. The van der Waals surface area contributed by atoms with E-state index >= 15 is 8.78 Å². The average Bonchev–Trinajstić information content (AvgIpc) is 3.67. The summed E-state index contributed by atoms with van der Waals surface area (Å²) in [5.41, 5.74) is 3.69. The van der Waals surface area contributed by atoms with Crippen LogP contribution >= 0.6 is 22.9 Å². The molecule has 1 aromatic carbocycles. The Morgan fingerprint density at radius 3 is 2.21 bits per heavy atom. The van der Waals surface area contributed by atoms with Crippen LogP contribution in [0.2, 0.25) is 0 Å². The Morgan fingerprint density at radius 1 is 1.02 bits per heavy atom. The minimum Gasteiger partial charge on any atom is -0.477 e. The van der Waals surface area contributed by atoms with Gasteiger partial charge in [0.15, 0.2) is 11.6 Å². The van der Waals surface area contributed by atoms with Crippen LogP contribution in [0.25, 0.3) is 15.7 Å². The number of aliphatic imine (C=N–C) groups is 1. The lowest BCUT2D eigenvalue weighted by Gasteiger charge is -2.37. The fraction of sp³-hybridized carbons (Fsp3) is 0.649. The molecule has 0 saturated carbocycles. The standard InChI is InChI=1S/C53H82ClF2N3OS.C4H6O/c1-14-19-20-21-22-29-53(12,32-36(9)17-4)33-60-45(23-15-2)58-50-40(38(11)59(13)44(37(10)18-5)27-24-35(8)16-3)31-41(54)46(49(50)56)39-25-26-42(55)52-47(39)48(43-28-30-57-43)51(61-52)34(6)7;1-3-4(2)5/h23,25-26,31,34-37,43-44,57H,14-22,24,27-30,32-33H2,1-13H3;3H,1H2,2H3/b40-38+,45-23-,58-50+;. The third kappa shape index (κ3) is 15.5. The SMILES string of the molecule is C=CC(C)=O.CC/C=C(/N=C1/C(F)=C(c2ccc(F)c3sc(C(C)C)c(C4CCN4)c23)C(Cl)=C/C1=C(/C)N(C)C(CCC(C)CC)C(C)CC)OCC(C)(CCCCCCC)CC(C)CC. The molecule has 0 bridgehead atoms. The van der Waals surface area contributed by atoms with E-state index in [4.69, 9.17) is 21.3 Å². The molecule has 1 aliphatic carbocycles. The van der Waals surface area contributed by atoms with Crippen LogP contribution in [0.4, 0.5) is 8.78 Å². The number of benzene rings is 1. The van der Waals surface area contributed by atoms with E-state index < -0.39 is 5.83 Å². The molecule has 0 radical (unpaired) electrons. The van der Waals surface area contributed by atoms with Crippen LogP contribution in [-0.2, 0) is 9.53 Å². The Kier molecular flexibility index (Phi) is 24.1. The molecule has 6 unspecified atom stereocenters. The quantitative estimate of drug-likeness (QED) is 0.0580. The number of carbonyl (C=O) groups excluding carboxylic acids is 1. The van der Waals surface area contributed by atoms with Crippen molar-refractivity contribution in [1.82, 2.24) is 10.2 Å². The van der Waals surface area contributed by atoms with E-state index in [1.54, 1.807) is 6.07 Å². The van der Waals surface area contributed by atoms with Crippen molar-refractivity contribution in [3.8, 4) is 0 Å². The number of carbonyl (C=O) groups is 1. The van der Waals surface area contributed by atoms with E-state index in [0.29, 0.717) is 57.5 Å². The maximum Gasteiger partial charge on any atom is 0.209 e. The molecular weight excluding hydrogens is 864 g/mol. The summed E-state index contributed by atoms with van der Waals surface area (Å²) in [4.78, 5) is 18.4. The van der Waals surface area contributed by atoms with Gasteiger partial charge in [-0.1, -0.05) is 152 Å². The van der Waals surface area contributed by atoms with Crippen molar-refractivity contribution in [3.05, 3.63) is 86.8 Å². The molecule has 9 heteroatoms. The third-order valence-corrected chi connectivity index (χ3v) is 16.1. The maximum absolute atomic E-state index is 18.2. The minimum absolute atomic E-state index is 0.0185. The van der Waals surface area contributed by atoms with Gasteiger partial charge < -0.3 is 15.0 Å². The molecule has 5 nitrogen and oxygen atoms in total. The van der Waals surface area contributed by atoms with Crippen LogP contribution in [0.3, 0.4) is 0 Å². The van der Waals surface area contributed by atoms with E-state index in [-0.39, 0.29) is 46.3 Å². The summed E-state index contributed by atoms with van der Waals surface area (Å²) >= 11 is 8.85. The zero-order valence-corrected chi connectivity index (χ0v) is 45.2.